The zero-order valence-corrected chi connectivity index (χ0v) is 22.4. The second kappa shape index (κ2) is 13.3. The zero-order valence-electron chi connectivity index (χ0n) is 22.4. The molecule has 7 nitrogen and oxygen atoms in total. The van der Waals surface area contributed by atoms with Crippen LogP contribution < -0.4 is 5.56 Å². The number of aromatic nitrogens is 4. The lowest BCUT2D eigenvalue weighted by atomic mass is 10.0. The molecule has 0 spiro atoms. The Hall–Kier alpha value is -3.10. The molecule has 1 aliphatic rings. The number of fused-ring (bicyclic) bond motifs is 2. The SMILES string of the molecule is CC.CC.Cc1cc(-c2cc3ccn(C4CCN(CCO)CC4)c(=O)c3cn2)cc2cn(C)nc12.F. The Labute approximate surface area is 212 Å². The summed E-state index contributed by atoms with van der Waals surface area (Å²) in [6, 6.07) is 8.43. The van der Waals surface area contributed by atoms with E-state index in [1.54, 1.807) is 6.20 Å². The number of hydrogen-bond acceptors (Lipinski definition) is 5. The number of likely N-dealkylation sites (tertiary alicyclic amines) is 1. The van der Waals surface area contributed by atoms with E-state index in [2.05, 4.69) is 34.0 Å². The lowest BCUT2D eigenvalue weighted by Crippen LogP contribution is -2.38. The monoisotopic (exact) mass is 497 g/mol. The Balaban J connectivity index is 0.000000871. The summed E-state index contributed by atoms with van der Waals surface area (Å²) < 4.78 is 3.69. The van der Waals surface area contributed by atoms with Crippen molar-refractivity contribution in [1.82, 2.24) is 24.2 Å². The van der Waals surface area contributed by atoms with E-state index in [9.17, 15) is 4.79 Å². The van der Waals surface area contributed by atoms with Crippen LogP contribution in [0.2, 0.25) is 0 Å². The Morgan fingerprint density at radius 3 is 2.42 bits per heavy atom. The molecule has 4 aromatic rings. The van der Waals surface area contributed by atoms with Gasteiger partial charge in [0, 0.05) is 62.3 Å². The maximum atomic E-state index is 13.2. The van der Waals surface area contributed by atoms with Crippen LogP contribution in [-0.4, -0.2) is 55.6 Å². The van der Waals surface area contributed by atoms with E-state index < -0.39 is 0 Å². The van der Waals surface area contributed by atoms with Crippen LogP contribution >= 0.6 is 0 Å². The minimum Gasteiger partial charge on any atom is -0.395 e. The summed E-state index contributed by atoms with van der Waals surface area (Å²) in [6.07, 6.45) is 7.49. The predicted molar refractivity (Wildman–Crippen MR) is 147 cm³/mol. The summed E-state index contributed by atoms with van der Waals surface area (Å²) in [7, 11) is 1.93. The van der Waals surface area contributed by atoms with Crippen LogP contribution in [0.4, 0.5) is 4.70 Å². The van der Waals surface area contributed by atoms with E-state index in [0.29, 0.717) is 11.9 Å². The maximum Gasteiger partial charge on any atom is 0.260 e. The Kier molecular flexibility index (Phi) is 10.7. The van der Waals surface area contributed by atoms with E-state index in [1.807, 2.05) is 68.5 Å². The van der Waals surface area contributed by atoms with Crippen LogP contribution in [0.1, 0.15) is 52.1 Å². The summed E-state index contributed by atoms with van der Waals surface area (Å²) in [6.45, 7) is 12.8. The fourth-order valence-electron chi connectivity index (χ4n) is 4.74. The summed E-state index contributed by atoms with van der Waals surface area (Å²) >= 11 is 0. The number of rotatable bonds is 4. The molecule has 4 heterocycles. The van der Waals surface area contributed by atoms with Gasteiger partial charge in [0.1, 0.15) is 0 Å². The standard InChI is InChI=1S/C24H27N5O2.2C2H6.FH/c1-16-11-18(12-19-15-27(2)26-23(16)19)22-13-17-3-8-29(24(31)21(17)14-25-22)20-4-6-28(7-5-20)9-10-30;2*1-2;/h3,8,11-15,20,30H,4-7,9-10H2,1-2H3;2*1-2H3;1H. The first-order valence-electron chi connectivity index (χ1n) is 12.8. The highest BCUT2D eigenvalue weighted by molar-refractivity contribution is 5.89. The molecular formula is C28H40FN5O2. The molecule has 0 atom stereocenters. The first-order chi connectivity index (χ1) is 17.0. The molecule has 0 amide bonds. The van der Waals surface area contributed by atoms with Gasteiger partial charge >= 0.3 is 0 Å². The highest BCUT2D eigenvalue weighted by Gasteiger charge is 2.21. The third-order valence-electron chi connectivity index (χ3n) is 6.39. The summed E-state index contributed by atoms with van der Waals surface area (Å²) in [5.74, 6) is 0. The van der Waals surface area contributed by atoms with Gasteiger partial charge in [-0.15, -0.1) is 0 Å². The van der Waals surface area contributed by atoms with E-state index in [4.69, 9.17) is 5.11 Å². The molecule has 196 valence electrons. The van der Waals surface area contributed by atoms with Crippen molar-refractivity contribution in [2.75, 3.05) is 26.2 Å². The van der Waals surface area contributed by atoms with Crippen molar-refractivity contribution in [2.45, 2.75) is 53.5 Å². The number of β-amino-alcohol motifs (C(OH)–C–C–N with tert-alkyl or cyclic N) is 1. The molecule has 0 radical (unpaired) electrons. The van der Waals surface area contributed by atoms with Gasteiger partial charge in [-0.2, -0.15) is 5.10 Å². The second-order valence-electron chi connectivity index (χ2n) is 8.52. The normalized spacial score (nSPS) is 14.0. The van der Waals surface area contributed by atoms with E-state index in [-0.39, 0.29) is 22.9 Å². The van der Waals surface area contributed by atoms with E-state index in [1.165, 1.54) is 0 Å². The number of aliphatic hydroxyl groups is 1. The van der Waals surface area contributed by atoms with Crippen LogP contribution in [0.25, 0.3) is 32.9 Å². The van der Waals surface area contributed by atoms with Crippen molar-refractivity contribution >= 4 is 21.7 Å². The first kappa shape index (κ1) is 29.1. The second-order valence-corrected chi connectivity index (χ2v) is 8.52. The molecule has 0 bridgehead atoms. The molecule has 5 rings (SSSR count). The lowest BCUT2D eigenvalue weighted by Gasteiger charge is -2.32. The van der Waals surface area contributed by atoms with Gasteiger partial charge in [0.15, 0.2) is 0 Å². The highest BCUT2D eigenvalue weighted by atomic mass is 19.0. The van der Waals surface area contributed by atoms with Crippen molar-refractivity contribution in [3.63, 3.8) is 0 Å². The third-order valence-corrected chi connectivity index (χ3v) is 6.39. The molecule has 1 fully saturated rings. The van der Waals surface area contributed by atoms with Gasteiger partial charge < -0.3 is 14.6 Å². The molecular weight excluding hydrogens is 457 g/mol. The topological polar surface area (TPSA) is 76.2 Å². The average Bonchev–Trinajstić information content (AvgIpc) is 3.28. The van der Waals surface area contributed by atoms with Crippen molar-refractivity contribution in [3.05, 3.63) is 58.8 Å². The molecule has 0 saturated carbocycles. The molecule has 1 saturated heterocycles. The first-order valence-corrected chi connectivity index (χ1v) is 12.8. The molecule has 8 heteroatoms. The predicted octanol–water partition coefficient (Wildman–Crippen LogP) is 5.09. The molecule has 3 aromatic heterocycles. The fourth-order valence-corrected chi connectivity index (χ4v) is 4.74. The molecule has 1 aliphatic heterocycles. The van der Waals surface area contributed by atoms with E-state index in [0.717, 1.165) is 59.0 Å². The quantitative estimate of drug-likeness (QED) is 0.425. The molecule has 0 aliphatic carbocycles. The van der Waals surface area contributed by atoms with Crippen molar-refractivity contribution in [1.29, 1.82) is 0 Å². The Bertz CT molecular complexity index is 1320. The number of nitrogens with zero attached hydrogens (tertiary/aromatic N) is 5. The smallest absolute Gasteiger partial charge is 0.260 e. The largest absolute Gasteiger partial charge is 0.395 e. The highest BCUT2D eigenvalue weighted by Crippen LogP contribution is 2.28. The van der Waals surface area contributed by atoms with Crippen LogP contribution in [0.3, 0.4) is 0 Å². The van der Waals surface area contributed by atoms with Crippen LogP contribution in [-0.2, 0) is 7.05 Å². The number of hydrogen-bond donors (Lipinski definition) is 1. The van der Waals surface area contributed by atoms with Gasteiger partial charge in [0.2, 0.25) is 0 Å². The van der Waals surface area contributed by atoms with Crippen LogP contribution in [0, 0.1) is 6.92 Å². The van der Waals surface area contributed by atoms with Gasteiger partial charge in [0.05, 0.1) is 23.2 Å². The third kappa shape index (κ3) is 5.99. The van der Waals surface area contributed by atoms with Crippen LogP contribution in [0.15, 0.2) is 47.7 Å². The summed E-state index contributed by atoms with van der Waals surface area (Å²) in [4.78, 5) is 20.1. The molecule has 1 N–H and O–H groups in total. The molecule has 36 heavy (non-hydrogen) atoms. The van der Waals surface area contributed by atoms with Crippen molar-refractivity contribution in [3.8, 4) is 11.3 Å². The Morgan fingerprint density at radius 2 is 1.75 bits per heavy atom. The van der Waals surface area contributed by atoms with E-state index >= 15 is 0 Å². The summed E-state index contributed by atoms with van der Waals surface area (Å²) in [5.41, 5.74) is 4.02. The number of benzene rings is 1. The number of pyridine rings is 2. The van der Waals surface area contributed by atoms with Crippen molar-refractivity contribution < 1.29 is 9.81 Å². The van der Waals surface area contributed by atoms with Gasteiger partial charge in [0.25, 0.3) is 5.56 Å². The molecule has 1 aromatic carbocycles. The maximum absolute atomic E-state index is 13.2. The number of aryl methyl sites for hydroxylation is 2. The minimum atomic E-state index is 0. The number of aliphatic hydroxyl groups excluding tert-OH is 1. The number of halogens is 1. The van der Waals surface area contributed by atoms with Gasteiger partial charge in [-0.05, 0) is 55.0 Å². The van der Waals surface area contributed by atoms with Gasteiger partial charge in [-0.1, -0.05) is 27.7 Å². The van der Waals surface area contributed by atoms with Gasteiger partial charge in [-0.3, -0.25) is 19.2 Å². The van der Waals surface area contributed by atoms with Gasteiger partial charge in [-0.25, -0.2) is 0 Å². The minimum absolute atomic E-state index is 0. The summed E-state index contributed by atoms with van der Waals surface area (Å²) in [5, 5.41) is 16.3. The molecule has 0 unspecified atom stereocenters. The zero-order chi connectivity index (χ0) is 25.5. The fraction of sp³-hybridized carbons (Fsp3) is 0.464. The number of piperidine rings is 1. The van der Waals surface area contributed by atoms with Crippen LogP contribution in [0.5, 0.6) is 0 Å². The van der Waals surface area contributed by atoms with Crippen molar-refractivity contribution in [2.24, 2.45) is 7.05 Å². The lowest BCUT2D eigenvalue weighted by molar-refractivity contribution is 0.148. The average molecular weight is 498 g/mol. The Morgan fingerprint density at radius 1 is 1.06 bits per heavy atom.